The maximum absolute atomic E-state index is 12.7. The zero-order valence-electron chi connectivity index (χ0n) is 13.2. The molecule has 126 valence electrons. The van der Waals surface area contributed by atoms with Crippen LogP contribution in [0.5, 0.6) is 0 Å². The van der Waals surface area contributed by atoms with E-state index in [1.807, 2.05) is 37.3 Å². The number of nitrogen functional groups attached to an aromatic ring is 1. The molecular weight excluding hydrogens is 344 g/mol. The number of hydrogen-bond donors (Lipinski definition) is 2. The number of rotatable bonds is 4. The van der Waals surface area contributed by atoms with Crippen LogP contribution in [0.25, 0.3) is 10.8 Å². The molecule has 0 unspecified atom stereocenters. The lowest BCUT2D eigenvalue weighted by atomic mass is 10.1. The van der Waals surface area contributed by atoms with Crippen LogP contribution in [0, 0.1) is 6.92 Å². The lowest BCUT2D eigenvalue weighted by Gasteiger charge is -2.11. The summed E-state index contributed by atoms with van der Waals surface area (Å²) in [5.74, 6) is 0. The SMILES string of the molecule is Cc1cccc(CNS(=O)(=O)c2cccc3c(N)cccc23)c1.Cl. The standard InChI is InChI=1S/C18H18N2O2S.ClH/c1-13-5-2-6-14(11-13)12-20-23(21,22)18-10-4-7-15-16(18)8-3-9-17(15)19;/h2-11,20H,12,19H2,1H3;1H. The summed E-state index contributed by atoms with van der Waals surface area (Å²) in [7, 11) is -3.62. The molecule has 0 atom stereocenters. The number of sulfonamides is 1. The number of aryl methyl sites for hydroxylation is 1. The molecular formula is C18H19ClN2O2S. The maximum atomic E-state index is 12.7. The fourth-order valence-electron chi connectivity index (χ4n) is 2.62. The van der Waals surface area contributed by atoms with Gasteiger partial charge in [-0.1, -0.05) is 54.1 Å². The summed E-state index contributed by atoms with van der Waals surface area (Å²) in [6.07, 6.45) is 0. The predicted octanol–water partition coefficient (Wildman–Crippen LogP) is 3.63. The Morgan fingerprint density at radius 2 is 1.62 bits per heavy atom. The van der Waals surface area contributed by atoms with Gasteiger partial charge in [0, 0.05) is 23.0 Å². The normalized spacial score (nSPS) is 11.2. The van der Waals surface area contributed by atoms with Crippen LogP contribution in [0.4, 0.5) is 5.69 Å². The second-order valence-electron chi connectivity index (χ2n) is 5.51. The summed E-state index contributed by atoms with van der Waals surface area (Å²) in [5, 5.41) is 1.37. The van der Waals surface area contributed by atoms with E-state index in [0.29, 0.717) is 11.1 Å². The fraction of sp³-hybridized carbons (Fsp3) is 0.111. The first-order valence-corrected chi connectivity index (χ1v) is 8.78. The van der Waals surface area contributed by atoms with E-state index in [4.69, 9.17) is 5.73 Å². The van der Waals surface area contributed by atoms with E-state index >= 15 is 0 Å². The molecule has 0 amide bonds. The van der Waals surface area contributed by atoms with E-state index in [9.17, 15) is 8.42 Å². The average molecular weight is 363 g/mol. The van der Waals surface area contributed by atoms with Crippen LogP contribution in [0.3, 0.4) is 0 Å². The summed E-state index contributed by atoms with van der Waals surface area (Å²) in [6, 6.07) is 18.2. The lowest BCUT2D eigenvalue weighted by Crippen LogP contribution is -2.23. The van der Waals surface area contributed by atoms with E-state index < -0.39 is 10.0 Å². The molecule has 3 N–H and O–H groups in total. The molecule has 0 heterocycles. The quantitative estimate of drug-likeness (QED) is 0.696. The summed E-state index contributed by atoms with van der Waals surface area (Å²) >= 11 is 0. The molecule has 0 aliphatic carbocycles. The van der Waals surface area contributed by atoms with Gasteiger partial charge in [0.1, 0.15) is 0 Å². The first-order valence-electron chi connectivity index (χ1n) is 7.30. The van der Waals surface area contributed by atoms with E-state index in [-0.39, 0.29) is 23.8 Å². The van der Waals surface area contributed by atoms with Gasteiger partial charge in [0.2, 0.25) is 10.0 Å². The van der Waals surface area contributed by atoms with Gasteiger partial charge in [-0.3, -0.25) is 0 Å². The molecule has 24 heavy (non-hydrogen) atoms. The average Bonchev–Trinajstić information content (AvgIpc) is 2.53. The van der Waals surface area contributed by atoms with Gasteiger partial charge in [-0.05, 0) is 24.6 Å². The highest BCUT2D eigenvalue weighted by Crippen LogP contribution is 2.27. The third-order valence-corrected chi connectivity index (χ3v) is 5.21. The molecule has 4 nitrogen and oxygen atoms in total. The van der Waals surface area contributed by atoms with Crippen molar-refractivity contribution >= 4 is 38.9 Å². The van der Waals surface area contributed by atoms with Crippen molar-refractivity contribution in [3.63, 3.8) is 0 Å². The summed E-state index contributed by atoms with van der Waals surface area (Å²) in [4.78, 5) is 0.245. The van der Waals surface area contributed by atoms with Gasteiger partial charge in [-0.2, -0.15) is 0 Å². The van der Waals surface area contributed by atoms with Crippen LogP contribution in [0.2, 0.25) is 0 Å². The van der Waals surface area contributed by atoms with Gasteiger partial charge >= 0.3 is 0 Å². The van der Waals surface area contributed by atoms with Crippen molar-refractivity contribution in [2.24, 2.45) is 0 Å². The molecule has 0 saturated carbocycles. The number of nitrogens with one attached hydrogen (secondary N) is 1. The molecule has 0 radical (unpaired) electrons. The van der Waals surface area contributed by atoms with Crippen LogP contribution in [-0.2, 0) is 16.6 Å². The van der Waals surface area contributed by atoms with Crippen LogP contribution >= 0.6 is 12.4 Å². The minimum absolute atomic E-state index is 0. The molecule has 0 spiro atoms. The van der Waals surface area contributed by atoms with Crippen molar-refractivity contribution in [1.82, 2.24) is 4.72 Å². The second kappa shape index (κ2) is 7.21. The van der Waals surface area contributed by atoms with Crippen molar-refractivity contribution in [1.29, 1.82) is 0 Å². The van der Waals surface area contributed by atoms with E-state index in [1.54, 1.807) is 30.3 Å². The molecule has 6 heteroatoms. The van der Waals surface area contributed by atoms with Gasteiger partial charge in [0.15, 0.2) is 0 Å². The molecule has 0 bridgehead atoms. The number of benzene rings is 3. The number of hydrogen-bond acceptors (Lipinski definition) is 3. The van der Waals surface area contributed by atoms with Gasteiger partial charge in [-0.25, -0.2) is 13.1 Å². The number of halogens is 1. The van der Waals surface area contributed by atoms with Crippen molar-refractivity contribution in [3.05, 3.63) is 71.8 Å². The Labute approximate surface area is 148 Å². The Kier molecular flexibility index (Phi) is 5.49. The maximum Gasteiger partial charge on any atom is 0.241 e. The van der Waals surface area contributed by atoms with Crippen molar-refractivity contribution in [2.75, 3.05) is 5.73 Å². The molecule has 3 aromatic rings. The molecule has 0 aromatic heterocycles. The van der Waals surface area contributed by atoms with Crippen LogP contribution in [-0.4, -0.2) is 8.42 Å². The topological polar surface area (TPSA) is 72.2 Å². The Hall–Kier alpha value is -2.08. The molecule has 3 aromatic carbocycles. The van der Waals surface area contributed by atoms with Crippen LogP contribution < -0.4 is 10.5 Å². The van der Waals surface area contributed by atoms with Crippen molar-refractivity contribution in [2.45, 2.75) is 18.4 Å². The molecule has 0 aliphatic rings. The second-order valence-corrected chi connectivity index (χ2v) is 7.25. The third kappa shape index (κ3) is 3.70. The molecule has 0 aliphatic heterocycles. The highest BCUT2D eigenvalue weighted by molar-refractivity contribution is 7.89. The van der Waals surface area contributed by atoms with Gasteiger partial charge in [-0.15, -0.1) is 12.4 Å². The molecule has 0 saturated heterocycles. The third-order valence-electron chi connectivity index (χ3n) is 3.75. The van der Waals surface area contributed by atoms with Crippen LogP contribution in [0.15, 0.2) is 65.6 Å². The van der Waals surface area contributed by atoms with Crippen molar-refractivity contribution in [3.8, 4) is 0 Å². The first kappa shape index (κ1) is 18.3. The summed E-state index contributed by atoms with van der Waals surface area (Å²) in [5.41, 5.74) is 8.52. The van der Waals surface area contributed by atoms with Gasteiger partial charge in [0.25, 0.3) is 0 Å². The highest BCUT2D eigenvalue weighted by atomic mass is 35.5. The smallest absolute Gasteiger partial charge is 0.241 e. The van der Waals surface area contributed by atoms with Gasteiger partial charge < -0.3 is 5.73 Å². The summed E-state index contributed by atoms with van der Waals surface area (Å²) in [6.45, 7) is 2.23. The Bertz CT molecular complexity index is 972. The molecule has 3 rings (SSSR count). The zero-order valence-corrected chi connectivity index (χ0v) is 14.8. The van der Waals surface area contributed by atoms with E-state index in [0.717, 1.165) is 16.5 Å². The highest BCUT2D eigenvalue weighted by Gasteiger charge is 2.17. The fourth-order valence-corrected chi connectivity index (χ4v) is 3.86. The molecule has 0 fully saturated rings. The number of anilines is 1. The largest absolute Gasteiger partial charge is 0.398 e. The first-order chi connectivity index (χ1) is 11.0. The minimum atomic E-state index is -3.62. The Morgan fingerprint density at radius 1 is 0.958 bits per heavy atom. The van der Waals surface area contributed by atoms with Gasteiger partial charge in [0.05, 0.1) is 4.90 Å². The van der Waals surface area contributed by atoms with E-state index in [1.165, 1.54) is 0 Å². The number of fused-ring (bicyclic) bond motifs is 1. The van der Waals surface area contributed by atoms with Crippen molar-refractivity contribution < 1.29 is 8.42 Å². The van der Waals surface area contributed by atoms with E-state index in [2.05, 4.69) is 4.72 Å². The zero-order chi connectivity index (χ0) is 16.4. The monoisotopic (exact) mass is 362 g/mol. The predicted molar refractivity (Wildman–Crippen MR) is 101 cm³/mol. The minimum Gasteiger partial charge on any atom is -0.398 e. The Balaban J connectivity index is 0.00000208. The summed E-state index contributed by atoms with van der Waals surface area (Å²) < 4.78 is 28.0. The Morgan fingerprint density at radius 3 is 2.38 bits per heavy atom. The number of nitrogens with two attached hydrogens (primary N) is 1. The lowest BCUT2D eigenvalue weighted by molar-refractivity contribution is 0.582. The van der Waals surface area contributed by atoms with Crippen LogP contribution in [0.1, 0.15) is 11.1 Å².